The van der Waals surface area contributed by atoms with Crippen LogP contribution in [0.1, 0.15) is 21.5 Å². The fraction of sp³-hybridized carbons (Fsp3) is 0.115. The smallest absolute Gasteiger partial charge is 0.274 e. The quantitative estimate of drug-likeness (QED) is 0.412. The summed E-state index contributed by atoms with van der Waals surface area (Å²) in [4.78, 5) is 17.6. The van der Waals surface area contributed by atoms with E-state index in [2.05, 4.69) is 15.4 Å². The molecule has 0 saturated heterocycles. The van der Waals surface area contributed by atoms with Gasteiger partial charge in [-0.1, -0.05) is 72.3 Å². The van der Waals surface area contributed by atoms with Crippen molar-refractivity contribution in [3.63, 3.8) is 0 Å². The van der Waals surface area contributed by atoms with Gasteiger partial charge in [0.15, 0.2) is 5.82 Å². The van der Waals surface area contributed by atoms with Gasteiger partial charge in [-0.2, -0.15) is 9.67 Å². The first-order valence-corrected chi connectivity index (χ1v) is 10.3. The van der Waals surface area contributed by atoms with Crippen LogP contribution in [0.25, 0.3) is 17.5 Å². The van der Waals surface area contributed by atoms with Gasteiger partial charge in [0, 0.05) is 18.2 Å². The summed E-state index contributed by atoms with van der Waals surface area (Å²) in [6, 6.07) is 25.3. The summed E-state index contributed by atoms with van der Waals surface area (Å²) in [5.41, 5.74) is 3.97. The second-order valence-corrected chi connectivity index (χ2v) is 7.32. The summed E-state index contributed by atoms with van der Waals surface area (Å²) in [6.45, 7) is 2.55. The van der Waals surface area contributed by atoms with Crippen molar-refractivity contribution in [3.05, 3.63) is 102 Å². The average molecular weight is 425 g/mol. The fourth-order valence-corrected chi connectivity index (χ4v) is 3.14. The zero-order valence-electron chi connectivity index (χ0n) is 18.0. The van der Waals surface area contributed by atoms with Gasteiger partial charge in [-0.05, 0) is 36.3 Å². The molecule has 6 heteroatoms. The van der Waals surface area contributed by atoms with Crippen LogP contribution in [0.15, 0.2) is 84.9 Å². The lowest BCUT2D eigenvalue weighted by atomic mass is 10.1. The first-order chi connectivity index (χ1) is 15.6. The van der Waals surface area contributed by atoms with Crippen LogP contribution in [-0.2, 0) is 6.54 Å². The van der Waals surface area contributed by atoms with Crippen molar-refractivity contribution < 1.29 is 9.53 Å². The molecule has 4 rings (SSSR count). The second-order valence-electron chi connectivity index (χ2n) is 7.32. The van der Waals surface area contributed by atoms with Gasteiger partial charge in [0.2, 0.25) is 5.95 Å². The molecule has 4 aromatic rings. The maximum atomic E-state index is 13.0. The summed E-state index contributed by atoms with van der Waals surface area (Å²) >= 11 is 0. The molecule has 0 aliphatic heterocycles. The number of carbonyl (C=O) groups excluding carboxylic acids is 1. The van der Waals surface area contributed by atoms with Crippen molar-refractivity contribution in [2.75, 3.05) is 12.4 Å². The van der Waals surface area contributed by atoms with Crippen LogP contribution in [0.2, 0.25) is 0 Å². The Kier molecular flexibility index (Phi) is 6.41. The maximum Gasteiger partial charge on any atom is 0.274 e. The van der Waals surface area contributed by atoms with E-state index in [1.54, 1.807) is 13.2 Å². The Morgan fingerprint density at radius 2 is 1.72 bits per heavy atom. The Morgan fingerprint density at radius 1 is 1.00 bits per heavy atom. The SMILES string of the molecule is COc1ccc(C=CC(=O)n2nc(-c3ccc(C)cc3)nc2NCc2ccccc2)cc1. The van der Waals surface area contributed by atoms with E-state index >= 15 is 0 Å². The van der Waals surface area contributed by atoms with Crippen molar-refractivity contribution in [2.24, 2.45) is 0 Å². The first kappa shape index (κ1) is 21.1. The highest BCUT2D eigenvalue weighted by atomic mass is 16.5. The molecule has 0 bridgehead atoms. The molecule has 1 heterocycles. The van der Waals surface area contributed by atoms with E-state index in [0.29, 0.717) is 18.3 Å². The fourth-order valence-electron chi connectivity index (χ4n) is 3.14. The van der Waals surface area contributed by atoms with Crippen LogP contribution in [-0.4, -0.2) is 27.8 Å². The number of aromatic nitrogens is 3. The van der Waals surface area contributed by atoms with Crippen LogP contribution < -0.4 is 10.1 Å². The molecule has 1 N–H and O–H groups in total. The summed E-state index contributed by atoms with van der Waals surface area (Å²) in [7, 11) is 1.62. The number of benzene rings is 3. The molecule has 0 aliphatic rings. The molecule has 0 saturated carbocycles. The van der Waals surface area contributed by atoms with Gasteiger partial charge in [-0.15, -0.1) is 5.10 Å². The number of allylic oxidation sites excluding steroid dienone is 1. The van der Waals surface area contributed by atoms with E-state index in [9.17, 15) is 4.79 Å². The summed E-state index contributed by atoms with van der Waals surface area (Å²) in [5, 5.41) is 7.73. The van der Waals surface area contributed by atoms with Gasteiger partial charge in [0.25, 0.3) is 5.91 Å². The highest BCUT2D eigenvalue weighted by molar-refractivity contribution is 5.95. The molecule has 32 heavy (non-hydrogen) atoms. The maximum absolute atomic E-state index is 13.0. The van der Waals surface area contributed by atoms with Gasteiger partial charge in [0.1, 0.15) is 5.75 Å². The first-order valence-electron chi connectivity index (χ1n) is 10.3. The van der Waals surface area contributed by atoms with Crippen LogP contribution >= 0.6 is 0 Å². The number of anilines is 1. The predicted octanol–water partition coefficient (Wildman–Crippen LogP) is 5.23. The molecule has 6 nitrogen and oxygen atoms in total. The minimum absolute atomic E-state index is 0.290. The number of ether oxygens (including phenoxy) is 1. The van der Waals surface area contributed by atoms with Crippen molar-refractivity contribution >= 4 is 17.9 Å². The molecule has 0 unspecified atom stereocenters. The number of rotatable bonds is 7. The summed E-state index contributed by atoms with van der Waals surface area (Å²) in [5.74, 6) is 1.36. The molecule has 0 atom stereocenters. The van der Waals surface area contributed by atoms with Gasteiger partial charge < -0.3 is 10.1 Å². The van der Waals surface area contributed by atoms with Crippen LogP contribution in [0.4, 0.5) is 5.95 Å². The largest absolute Gasteiger partial charge is 0.497 e. The van der Waals surface area contributed by atoms with Crippen molar-refractivity contribution in [3.8, 4) is 17.1 Å². The van der Waals surface area contributed by atoms with E-state index < -0.39 is 0 Å². The van der Waals surface area contributed by atoms with Crippen LogP contribution in [0.5, 0.6) is 5.75 Å². The van der Waals surface area contributed by atoms with Crippen LogP contribution in [0, 0.1) is 6.92 Å². The Balaban J connectivity index is 1.60. The van der Waals surface area contributed by atoms with E-state index in [1.807, 2.05) is 85.8 Å². The number of methoxy groups -OCH3 is 1. The number of nitrogens with one attached hydrogen (secondary N) is 1. The van der Waals surface area contributed by atoms with Crippen molar-refractivity contribution in [1.82, 2.24) is 14.8 Å². The normalized spacial score (nSPS) is 10.9. The highest BCUT2D eigenvalue weighted by Gasteiger charge is 2.15. The van der Waals surface area contributed by atoms with Gasteiger partial charge in [-0.3, -0.25) is 4.79 Å². The number of aryl methyl sites for hydroxylation is 1. The van der Waals surface area contributed by atoms with E-state index in [0.717, 1.165) is 28.0 Å². The molecular weight excluding hydrogens is 400 g/mol. The Bertz CT molecular complexity index is 1210. The third kappa shape index (κ3) is 5.10. The van der Waals surface area contributed by atoms with Crippen LogP contribution in [0.3, 0.4) is 0 Å². The molecule has 0 spiro atoms. The lowest BCUT2D eigenvalue weighted by Gasteiger charge is -2.05. The molecule has 0 amide bonds. The second kappa shape index (κ2) is 9.75. The molecular formula is C26H24N4O2. The standard InChI is InChI=1S/C26H24N4O2/c1-19-8-13-22(14-9-19)25-28-26(27-18-21-6-4-3-5-7-21)30(29-25)24(31)17-12-20-10-15-23(32-2)16-11-20/h3-17H,18H2,1-2H3,(H,27,28,29). The van der Waals surface area contributed by atoms with E-state index in [1.165, 1.54) is 10.8 Å². The summed E-state index contributed by atoms with van der Waals surface area (Å²) in [6.07, 6.45) is 3.24. The van der Waals surface area contributed by atoms with Gasteiger partial charge in [0.05, 0.1) is 7.11 Å². The minimum Gasteiger partial charge on any atom is -0.497 e. The van der Waals surface area contributed by atoms with E-state index in [-0.39, 0.29) is 5.91 Å². The zero-order chi connectivity index (χ0) is 22.3. The topological polar surface area (TPSA) is 69.0 Å². The molecule has 0 fully saturated rings. The Labute approximate surface area is 187 Å². The minimum atomic E-state index is -0.290. The molecule has 0 aliphatic carbocycles. The lowest BCUT2D eigenvalue weighted by molar-refractivity contribution is 0.0957. The average Bonchev–Trinajstić information content (AvgIpc) is 3.27. The monoisotopic (exact) mass is 424 g/mol. The molecule has 1 aromatic heterocycles. The molecule has 0 radical (unpaired) electrons. The van der Waals surface area contributed by atoms with E-state index in [4.69, 9.17) is 4.74 Å². The van der Waals surface area contributed by atoms with Gasteiger partial charge in [-0.25, -0.2) is 0 Å². The highest BCUT2D eigenvalue weighted by Crippen LogP contribution is 2.20. The number of hydrogen-bond donors (Lipinski definition) is 1. The zero-order valence-corrected chi connectivity index (χ0v) is 18.0. The van der Waals surface area contributed by atoms with Gasteiger partial charge >= 0.3 is 0 Å². The Morgan fingerprint density at radius 3 is 2.41 bits per heavy atom. The third-order valence-corrected chi connectivity index (χ3v) is 4.95. The molecule has 3 aromatic carbocycles. The number of nitrogens with zero attached hydrogens (tertiary/aromatic N) is 3. The van der Waals surface area contributed by atoms with Crippen molar-refractivity contribution in [1.29, 1.82) is 0 Å². The number of carbonyl (C=O) groups is 1. The predicted molar refractivity (Wildman–Crippen MR) is 127 cm³/mol. The van der Waals surface area contributed by atoms with Crippen molar-refractivity contribution in [2.45, 2.75) is 13.5 Å². The summed E-state index contributed by atoms with van der Waals surface area (Å²) < 4.78 is 6.48. The lowest BCUT2D eigenvalue weighted by Crippen LogP contribution is -2.14. The number of hydrogen-bond acceptors (Lipinski definition) is 5. The Hall–Kier alpha value is -4.19. The molecule has 160 valence electrons. The third-order valence-electron chi connectivity index (χ3n) is 4.95.